The molecule has 0 aliphatic carbocycles. The van der Waals surface area contributed by atoms with Crippen LogP contribution in [0.2, 0.25) is 0 Å². The van der Waals surface area contributed by atoms with Crippen molar-refractivity contribution in [2.75, 3.05) is 7.11 Å². The standard InChI is InChI=1S/C12H14N2O2/c1-16-12(15)7-10(13)8-2-3-11-9(6-8)4-5-14-11/h2-6,10,14H,7,13H2,1H3/t10-/m1/s1. The van der Waals surface area contributed by atoms with Crippen LogP contribution in [-0.2, 0) is 9.53 Å². The summed E-state index contributed by atoms with van der Waals surface area (Å²) in [5.41, 5.74) is 7.93. The van der Waals surface area contributed by atoms with Crippen molar-refractivity contribution < 1.29 is 9.53 Å². The van der Waals surface area contributed by atoms with E-state index in [1.165, 1.54) is 7.11 Å². The van der Waals surface area contributed by atoms with Crippen molar-refractivity contribution in [3.63, 3.8) is 0 Å². The van der Waals surface area contributed by atoms with Gasteiger partial charge in [-0.3, -0.25) is 4.79 Å². The molecule has 0 bridgehead atoms. The van der Waals surface area contributed by atoms with Gasteiger partial charge in [0.25, 0.3) is 0 Å². The normalized spacial score (nSPS) is 12.6. The van der Waals surface area contributed by atoms with Gasteiger partial charge in [0.2, 0.25) is 0 Å². The van der Waals surface area contributed by atoms with Gasteiger partial charge in [-0.25, -0.2) is 0 Å². The minimum atomic E-state index is -0.313. The molecule has 4 heteroatoms. The fourth-order valence-corrected chi connectivity index (χ4v) is 1.68. The summed E-state index contributed by atoms with van der Waals surface area (Å²) < 4.78 is 4.59. The zero-order chi connectivity index (χ0) is 11.5. The Kier molecular flexibility index (Phi) is 2.92. The van der Waals surface area contributed by atoms with Crippen molar-refractivity contribution in [2.45, 2.75) is 12.5 Å². The van der Waals surface area contributed by atoms with E-state index in [0.717, 1.165) is 16.5 Å². The number of H-pyrrole nitrogens is 1. The number of rotatable bonds is 3. The molecule has 1 atom stereocenters. The minimum absolute atomic E-state index is 0.201. The molecule has 16 heavy (non-hydrogen) atoms. The zero-order valence-electron chi connectivity index (χ0n) is 9.07. The number of methoxy groups -OCH3 is 1. The van der Waals surface area contributed by atoms with Gasteiger partial charge in [0.05, 0.1) is 13.5 Å². The summed E-state index contributed by atoms with van der Waals surface area (Å²) in [5.74, 6) is -0.290. The highest BCUT2D eigenvalue weighted by atomic mass is 16.5. The third-order valence-electron chi connectivity index (χ3n) is 2.62. The van der Waals surface area contributed by atoms with Crippen molar-refractivity contribution in [3.8, 4) is 0 Å². The van der Waals surface area contributed by atoms with Gasteiger partial charge in [0.1, 0.15) is 0 Å². The van der Waals surface area contributed by atoms with Crippen LogP contribution in [0.3, 0.4) is 0 Å². The van der Waals surface area contributed by atoms with Crippen LogP contribution in [0, 0.1) is 0 Å². The SMILES string of the molecule is COC(=O)C[C@@H](N)c1ccc2[nH]ccc2c1. The molecule has 0 spiro atoms. The number of aromatic amines is 1. The van der Waals surface area contributed by atoms with E-state index in [9.17, 15) is 4.79 Å². The molecule has 0 unspecified atom stereocenters. The van der Waals surface area contributed by atoms with E-state index in [1.807, 2.05) is 30.5 Å². The highest BCUT2D eigenvalue weighted by Gasteiger charge is 2.12. The molecule has 3 N–H and O–H groups in total. The maximum absolute atomic E-state index is 11.1. The van der Waals surface area contributed by atoms with E-state index >= 15 is 0 Å². The van der Waals surface area contributed by atoms with Crippen LogP contribution in [0.25, 0.3) is 10.9 Å². The molecule has 0 saturated heterocycles. The molecule has 1 aromatic heterocycles. The van der Waals surface area contributed by atoms with Gasteiger partial charge >= 0.3 is 5.97 Å². The average molecular weight is 218 g/mol. The third kappa shape index (κ3) is 2.06. The summed E-state index contributed by atoms with van der Waals surface area (Å²) in [6.45, 7) is 0. The van der Waals surface area contributed by atoms with Gasteiger partial charge in [-0.05, 0) is 29.1 Å². The van der Waals surface area contributed by atoms with E-state index in [2.05, 4.69) is 9.72 Å². The topological polar surface area (TPSA) is 68.1 Å². The molecule has 84 valence electrons. The summed E-state index contributed by atoms with van der Waals surface area (Å²) in [7, 11) is 1.37. The minimum Gasteiger partial charge on any atom is -0.469 e. The molecule has 4 nitrogen and oxygen atoms in total. The summed E-state index contributed by atoms with van der Waals surface area (Å²) in [5, 5.41) is 1.10. The molecule has 1 aromatic carbocycles. The molecular weight excluding hydrogens is 204 g/mol. The molecule has 0 aliphatic rings. The number of hydrogen-bond acceptors (Lipinski definition) is 3. The Morgan fingerprint density at radius 2 is 2.31 bits per heavy atom. The second kappa shape index (κ2) is 4.37. The van der Waals surface area contributed by atoms with E-state index in [-0.39, 0.29) is 18.4 Å². The lowest BCUT2D eigenvalue weighted by Gasteiger charge is -2.10. The van der Waals surface area contributed by atoms with Crippen molar-refractivity contribution in [1.82, 2.24) is 4.98 Å². The third-order valence-corrected chi connectivity index (χ3v) is 2.62. The second-order valence-corrected chi connectivity index (χ2v) is 3.71. The molecule has 2 rings (SSSR count). The second-order valence-electron chi connectivity index (χ2n) is 3.71. The molecule has 0 saturated carbocycles. The zero-order valence-corrected chi connectivity index (χ0v) is 9.07. The summed E-state index contributed by atoms with van der Waals surface area (Å²) >= 11 is 0. The predicted molar refractivity (Wildman–Crippen MR) is 61.9 cm³/mol. The number of esters is 1. The Bertz CT molecular complexity index is 504. The molecule has 2 aromatic rings. The predicted octanol–water partition coefficient (Wildman–Crippen LogP) is 1.73. The lowest BCUT2D eigenvalue weighted by Crippen LogP contribution is -2.16. The first-order valence-corrected chi connectivity index (χ1v) is 5.10. The van der Waals surface area contributed by atoms with E-state index in [4.69, 9.17) is 5.73 Å². The number of ether oxygens (including phenoxy) is 1. The number of aromatic nitrogens is 1. The smallest absolute Gasteiger partial charge is 0.307 e. The van der Waals surface area contributed by atoms with Gasteiger partial charge in [0.15, 0.2) is 0 Å². The number of benzene rings is 1. The van der Waals surface area contributed by atoms with Crippen LogP contribution in [0.4, 0.5) is 0 Å². The van der Waals surface area contributed by atoms with Crippen LogP contribution < -0.4 is 5.73 Å². The number of hydrogen-bond donors (Lipinski definition) is 2. The Balaban J connectivity index is 2.22. The summed E-state index contributed by atoms with van der Waals surface area (Å²) in [6.07, 6.45) is 2.08. The van der Waals surface area contributed by atoms with E-state index in [1.54, 1.807) is 0 Å². The summed E-state index contributed by atoms with van der Waals surface area (Å²) in [4.78, 5) is 14.2. The molecule has 1 heterocycles. The van der Waals surface area contributed by atoms with Crippen molar-refractivity contribution in [3.05, 3.63) is 36.0 Å². The number of nitrogens with one attached hydrogen (secondary N) is 1. The monoisotopic (exact) mass is 218 g/mol. The molecule has 0 aliphatic heterocycles. The number of fused-ring (bicyclic) bond motifs is 1. The van der Waals surface area contributed by atoms with Crippen LogP contribution >= 0.6 is 0 Å². The van der Waals surface area contributed by atoms with Crippen LogP contribution in [0.1, 0.15) is 18.0 Å². The van der Waals surface area contributed by atoms with E-state index in [0.29, 0.717) is 0 Å². The Hall–Kier alpha value is -1.81. The average Bonchev–Trinajstić information content (AvgIpc) is 2.75. The molecule has 0 amide bonds. The molecular formula is C12H14N2O2. The first-order valence-electron chi connectivity index (χ1n) is 5.10. The van der Waals surface area contributed by atoms with Crippen molar-refractivity contribution in [1.29, 1.82) is 0 Å². The van der Waals surface area contributed by atoms with Crippen LogP contribution in [0.5, 0.6) is 0 Å². The van der Waals surface area contributed by atoms with E-state index < -0.39 is 0 Å². The Labute approximate surface area is 93.4 Å². The lowest BCUT2D eigenvalue weighted by atomic mass is 10.0. The maximum Gasteiger partial charge on any atom is 0.307 e. The van der Waals surface area contributed by atoms with Gasteiger partial charge < -0.3 is 15.5 Å². The van der Waals surface area contributed by atoms with Crippen LogP contribution in [0.15, 0.2) is 30.5 Å². The Morgan fingerprint density at radius 1 is 1.50 bits per heavy atom. The summed E-state index contributed by atoms with van der Waals surface area (Å²) in [6, 6.07) is 7.53. The first kappa shape index (κ1) is 10.7. The van der Waals surface area contributed by atoms with Gasteiger partial charge in [-0.15, -0.1) is 0 Å². The highest BCUT2D eigenvalue weighted by molar-refractivity contribution is 5.80. The van der Waals surface area contributed by atoms with Crippen LogP contribution in [-0.4, -0.2) is 18.1 Å². The van der Waals surface area contributed by atoms with Gasteiger partial charge in [0, 0.05) is 17.8 Å². The maximum atomic E-state index is 11.1. The molecule has 0 radical (unpaired) electrons. The fourth-order valence-electron chi connectivity index (χ4n) is 1.68. The van der Waals surface area contributed by atoms with Crippen molar-refractivity contribution >= 4 is 16.9 Å². The lowest BCUT2D eigenvalue weighted by molar-refractivity contribution is -0.141. The van der Waals surface area contributed by atoms with Crippen molar-refractivity contribution in [2.24, 2.45) is 5.73 Å². The quantitative estimate of drug-likeness (QED) is 0.771. The number of carbonyl (C=O) groups excluding carboxylic acids is 1. The highest BCUT2D eigenvalue weighted by Crippen LogP contribution is 2.20. The Morgan fingerprint density at radius 3 is 3.06 bits per heavy atom. The van der Waals surface area contributed by atoms with Gasteiger partial charge in [-0.2, -0.15) is 0 Å². The first-order chi connectivity index (χ1) is 7.70. The fraction of sp³-hybridized carbons (Fsp3) is 0.250. The number of nitrogens with two attached hydrogens (primary N) is 1. The number of carbonyl (C=O) groups is 1. The largest absolute Gasteiger partial charge is 0.469 e. The molecule has 0 fully saturated rings. The van der Waals surface area contributed by atoms with Gasteiger partial charge in [-0.1, -0.05) is 6.07 Å².